The number of benzene rings is 1. The maximum Gasteiger partial charge on any atom is 0.136 e. The average Bonchev–Trinajstić information content (AvgIpc) is 2.69. The summed E-state index contributed by atoms with van der Waals surface area (Å²) >= 11 is 1.53. The second kappa shape index (κ2) is 4.31. The van der Waals surface area contributed by atoms with Gasteiger partial charge in [0.15, 0.2) is 0 Å². The van der Waals surface area contributed by atoms with Crippen LogP contribution in [0, 0.1) is 11.6 Å². The van der Waals surface area contributed by atoms with E-state index in [4.69, 9.17) is 0 Å². The second-order valence-corrected chi connectivity index (χ2v) is 4.39. The Morgan fingerprint density at radius 3 is 2.80 bits per heavy atom. The lowest BCUT2D eigenvalue weighted by Crippen LogP contribution is -2.03. The zero-order chi connectivity index (χ0) is 10.8. The summed E-state index contributed by atoms with van der Waals surface area (Å²) < 4.78 is 26.6. The van der Waals surface area contributed by atoms with E-state index in [1.54, 1.807) is 0 Å². The van der Waals surface area contributed by atoms with Gasteiger partial charge >= 0.3 is 0 Å². The highest BCUT2D eigenvalue weighted by Gasteiger charge is 2.18. The summed E-state index contributed by atoms with van der Waals surface area (Å²) in [6.07, 6.45) is 0.615. The maximum absolute atomic E-state index is 13.6. The number of thioether (sulfide) groups is 1. The van der Waals surface area contributed by atoms with E-state index in [-0.39, 0.29) is 0 Å². The van der Waals surface area contributed by atoms with E-state index in [9.17, 15) is 8.78 Å². The van der Waals surface area contributed by atoms with Gasteiger partial charge in [-0.1, -0.05) is 6.92 Å². The highest BCUT2D eigenvalue weighted by Crippen LogP contribution is 2.25. The molecule has 2 rings (SSSR count). The van der Waals surface area contributed by atoms with Crippen molar-refractivity contribution in [2.45, 2.75) is 13.3 Å². The van der Waals surface area contributed by atoms with Gasteiger partial charge in [-0.25, -0.2) is 8.78 Å². The molecule has 0 saturated carbocycles. The Morgan fingerprint density at radius 1 is 1.40 bits per heavy atom. The zero-order valence-electron chi connectivity index (χ0n) is 8.39. The molecule has 0 unspecified atom stereocenters. The van der Waals surface area contributed by atoms with Crippen molar-refractivity contribution >= 4 is 16.8 Å². The number of aryl methyl sites for hydroxylation is 1. The zero-order valence-corrected chi connectivity index (χ0v) is 9.20. The number of hydrogen-bond acceptors (Lipinski definition) is 2. The van der Waals surface area contributed by atoms with Crippen LogP contribution in [0.15, 0.2) is 17.1 Å². The van der Waals surface area contributed by atoms with Gasteiger partial charge in [0.1, 0.15) is 16.7 Å². The van der Waals surface area contributed by atoms with Crippen LogP contribution >= 0.6 is 11.8 Å². The maximum atomic E-state index is 13.6. The third kappa shape index (κ3) is 2.04. The predicted molar refractivity (Wildman–Crippen MR) is 59.6 cm³/mol. The Labute approximate surface area is 91.6 Å². The monoisotopic (exact) mass is 227 g/mol. The summed E-state index contributed by atoms with van der Waals surface area (Å²) in [6, 6.07) is 2.32. The Balaban J connectivity index is 2.53. The smallest absolute Gasteiger partial charge is 0.136 e. The molecular formula is C11H11F2NS. The van der Waals surface area contributed by atoms with Crippen molar-refractivity contribution in [3.63, 3.8) is 0 Å². The van der Waals surface area contributed by atoms with Gasteiger partial charge in [-0.2, -0.15) is 0 Å². The first kappa shape index (κ1) is 10.6. The minimum atomic E-state index is -0.517. The molecule has 0 atom stereocenters. The Morgan fingerprint density at radius 2 is 2.20 bits per heavy atom. The third-order valence-electron chi connectivity index (χ3n) is 2.32. The van der Waals surface area contributed by atoms with E-state index in [1.807, 2.05) is 6.92 Å². The molecule has 1 aliphatic heterocycles. The van der Waals surface area contributed by atoms with Gasteiger partial charge in [0.05, 0.1) is 0 Å². The Hall–Kier alpha value is -0.900. The molecule has 0 fully saturated rings. The van der Waals surface area contributed by atoms with Gasteiger partial charge in [-0.15, -0.1) is 11.8 Å². The van der Waals surface area contributed by atoms with Crippen LogP contribution in [0.5, 0.6) is 0 Å². The molecule has 1 nitrogen and oxygen atoms in total. The van der Waals surface area contributed by atoms with Crippen molar-refractivity contribution in [3.8, 4) is 0 Å². The summed E-state index contributed by atoms with van der Waals surface area (Å²) in [5.74, 6) is -0.133. The van der Waals surface area contributed by atoms with Crippen molar-refractivity contribution in [2.75, 3.05) is 12.3 Å². The average molecular weight is 227 g/mol. The van der Waals surface area contributed by atoms with Gasteiger partial charge < -0.3 is 0 Å². The summed E-state index contributed by atoms with van der Waals surface area (Å²) in [5, 5.41) is 0.712. The number of rotatable bonds is 2. The van der Waals surface area contributed by atoms with Crippen LogP contribution in [0.2, 0.25) is 0 Å². The van der Waals surface area contributed by atoms with Crippen LogP contribution in [-0.4, -0.2) is 17.3 Å². The van der Waals surface area contributed by atoms with Crippen LogP contribution < -0.4 is 0 Å². The van der Waals surface area contributed by atoms with Crippen molar-refractivity contribution in [2.24, 2.45) is 4.99 Å². The minimum Gasteiger partial charge on any atom is -0.277 e. The molecule has 0 radical (unpaired) electrons. The van der Waals surface area contributed by atoms with Crippen molar-refractivity contribution in [3.05, 3.63) is 34.9 Å². The first-order valence-corrected chi connectivity index (χ1v) is 5.86. The van der Waals surface area contributed by atoms with E-state index >= 15 is 0 Å². The molecule has 1 aromatic carbocycles. The van der Waals surface area contributed by atoms with Crippen LogP contribution in [0.3, 0.4) is 0 Å². The second-order valence-electron chi connectivity index (χ2n) is 3.31. The molecule has 1 heterocycles. The van der Waals surface area contributed by atoms with Gasteiger partial charge in [0.25, 0.3) is 0 Å². The SMILES string of the molecule is CCc1cc(F)cc(F)c1C1=NCCS1. The normalized spacial score (nSPS) is 15.5. The number of nitrogens with zero attached hydrogens (tertiary/aromatic N) is 1. The molecule has 0 aliphatic carbocycles. The molecule has 15 heavy (non-hydrogen) atoms. The fourth-order valence-corrected chi connectivity index (χ4v) is 2.56. The fourth-order valence-electron chi connectivity index (χ4n) is 1.63. The molecule has 0 N–H and O–H groups in total. The third-order valence-corrected chi connectivity index (χ3v) is 3.31. The van der Waals surface area contributed by atoms with Gasteiger partial charge in [-0.3, -0.25) is 4.99 Å². The molecule has 0 amide bonds. The summed E-state index contributed by atoms with van der Waals surface area (Å²) in [7, 11) is 0. The quantitative estimate of drug-likeness (QED) is 0.756. The fraction of sp³-hybridized carbons (Fsp3) is 0.364. The summed E-state index contributed by atoms with van der Waals surface area (Å²) in [6.45, 7) is 2.61. The molecule has 0 bridgehead atoms. The van der Waals surface area contributed by atoms with E-state index in [2.05, 4.69) is 4.99 Å². The minimum absolute atomic E-state index is 0.487. The van der Waals surface area contributed by atoms with E-state index in [1.165, 1.54) is 17.8 Å². The van der Waals surface area contributed by atoms with E-state index in [0.29, 0.717) is 22.6 Å². The molecule has 0 aromatic heterocycles. The van der Waals surface area contributed by atoms with E-state index < -0.39 is 11.6 Å². The van der Waals surface area contributed by atoms with Crippen molar-refractivity contribution in [1.29, 1.82) is 0 Å². The lowest BCUT2D eigenvalue weighted by molar-refractivity contribution is 0.578. The standard InChI is InChI=1S/C11H11F2NS/c1-2-7-5-8(12)6-9(13)10(7)11-14-3-4-15-11/h5-6H,2-4H2,1H3. The Kier molecular flexibility index (Phi) is 3.05. The van der Waals surface area contributed by atoms with Gasteiger partial charge in [0.2, 0.25) is 0 Å². The molecule has 0 saturated heterocycles. The summed E-state index contributed by atoms with van der Waals surface area (Å²) in [4.78, 5) is 4.22. The summed E-state index contributed by atoms with van der Waals surface area (Å²) in [5.41, 5.74) is 1.18. The number of aliphatic imine (C=N–C) groups is 1. The van der Waals surface area contributed by atoms with Crippen LogP contribution in [0.1, 0.15) is 18.1 Å². The molecule has 4 heteroatoms. The Bertz CT molecular complexity index is 415. The lowest BCUT2D eigenvalue weighted by atomic mass is 10.1. The van der Waals surface area contributed by atoms with Crippen molar-refractivity contribution < 1.29 is 8.78 Å². The van der Waals surface area contributed by atoms with Gasteiger partial charge in [0, 0.05) is 23.9 Å². The highest BCUT2D eigenvalue weighted by molar-refractivity contribution is 8.14. The first-order valence-electron chi connectivity index (χ1n) is 4.88. The molecule has 1 aliphatic rings. The molecule has 1 aromatic rings. The first-order chi connectivity index (χ1) is 7.22. The van der Waals surface area contributed by atoms with E-state index in [0.717, 1.165) is 18.4 Å². The molecule has 80 valence electrons. The van der Waals surface area contributed by atoms with Crippen LogP contribution in [-0.2, 0) is 6.42 Å². The number of halogens is 2. The largest absolute Gasteiger partial charge is 0.277 e. The van der Waals surface area contributed by atoms with Crippen LogP contribution in [0.4, 0.5) is 8.78 Å². The molecule has 0 spiro atoms. The van der Waals surface area contributed by atoms with Crippen LogP contribution in [0.25, 0.3) is 0 Å². The van der Waals surface area contributed by atoms with Gasteiger partial charge in [-0.05, 0) is 18.1 Å². The predicted octanol–water partition coefficient (Wildman–Crippen LogP) is 3.02. The lowest BCUT2D eigenvalue weighted by Gasteiger charge is -2.08. The number of hydrogen-bond donors (Lipinski definition) is 0. The van der Waals surface area contributed by atoms with Crippen molar-refractivity contribution in [1.82, 2.24) is 0 Å². The topological polar surface area (TPSA) is 12.4 Å². The highest BCUT2D eigenvalue weighted by atomic mass is 32.2. The molecular weight excluding hydrogens is 216 g/mol.